The Balaban J connectivity index is 1.27. The van der Waals surface area contributed by atoms with E-state index < -0.39 is 70.4 Å². The molecule has 0 bridgehead atoms. The van der Waals surface area contributed by atoms with Gasteiger partial charge in [-0.1, -0.05) is 115 Å². The van der Waals surface area contributed by atoms with E-state index in [0.717, 1.165) is 17.0 Å². The number of aryl methyl sites for hydroxylation is 1. The van der Waals surface area contributed by atoms with Crippen LogP contribution in [-0.4, -0.2) is 57.3 Å². The molecule has 0 unspecified atom stereocenters. The fraction of sp³-hybridized carbons (Fsp3) is 0.163. The number of hydrogen-bond donors (Lipinski definition) is 2. The number of para-hydroxylation sites is 1. The van der Waals surface area contributed by atoms with E-state index in [4.69, 9.17) is 21.3 Å². The Kier molecular flexibility index (Phi) is 13.1. The lowest BCUT2D eigenvalue weighted by Gasteiger charge is -2.26. The number of rotatable bonds is 13. The summed E-state index contributed by atoms with van der Waals surface area (Å²) >= 11 is 5.77. The highest BCUT2D eigenvalue weighted by atomic mass is 35.5. The first-order valence-corrected chi connectivity index (χ1v) is 19.9. The van der Waals surface area contributed by atoms with Gasteiger partial charge in [-0.15, -0.1) is 0 Å². The predicted octanol–water partition coefficient (Wildman–Crippen LogP) is 8.27. The molecule has 58 heavy (non-hydrogen) atoms. The van der Waals surface area contributed by atoms with Crippen LogP contribution in [0.2, 0.25) is 5.02 Å². The monoisotopic (exact) mass is 828 g/mol. The van der Waals surface area contributed by atoms with Crippen LogP contribution in [0.3, 0.4) is 0 Å². The summed E-state index contributed by atoms with van der Waals surface area (Å²) in [6.45, 7) is -1.25. The van der Waals surface area contributed by atoms with Crippen molar-refractivity contribution >= 4 is 56.4 Å². The molecule has 3 amide bonds. The fourth-order valence-electron chi connectivity index (χ4n) is 6.21. The van der Waals surface area contributed by atoms with Crippen LogP contribution >= 0.6 is 11.6 Å². The van der Waals surface area contributed by atoms with E-state index >= 15 is 0 Å². The van der Waals surface area contributed by atoms with E-state index in [9.17, 15) is 36.0 Å². The number of carbonyl (C=O) groups is 3. The number of amides is 3. The van der Waals surface area contributed by atoms with Gasteiger partial charge in [0.25, 0.3) is 5.91 Å². The Bertz CT molecular complexity index is 2430. The van der Waals surface area contributed by atoms with Gasteiger partial charge >= 0.3 is 12.3 Å². The SMILES string of the molecule is O=C(CN1C(=O)[C@@H](COC(=O)Nc2ccc(Cl)cc2C(F)(F)F)N=C(c2ccccc2)c2ccccc21)N[C@H](/C=C/S(=O)(=O)c1ccccc1)CCc1ccccc1. The minimum atomic E-state index is -4.85. The molecule has 0 aliphatic carbocycles. The van der Waals surface area contributed by atoms with Crippen LogP contribution in [0.15, 0.2) is 155 Å². The number of hydrogen-bond acceptors (Lipinski definition) is 7. The van der Waals surface area contributed by atoms with Crippen LogP contribution in [0.5, 0.6) is 0 Å². The molecular formula is C43H36ClF3N4O6S. The summed E-state index contributed by atoms with van der Waals surface area (Å²) in [6, 6.07) is 33.4. The second-order valence-corrected chi connectivity index (χ2v) is 15.4. The summed E-state index contributed by atoms with van der Waals surface area (Å²) in [5, 5.41) is 5.79. The molecule has 0 aromatic heterocycles. The van der Waals surface area contributed by atoms with Crippen molar-refractivity contribution in [1.82, 2.24) is 5.32 Å². The highest BCUT2D eigenvalue weighted by Gasteiger charge is 2.36. The number of benzene rings is 5. The second-order valence-electron chi connectivity index (χ2n) is 13.1. The quantitative estimate of drug-likeness (QED) is 0.123. The number of nitrogens with one attached hydrogen (secondary N) is 2. The minimum absolute atomic E-state index is 0.0799. The van der Waals surface area contributed by atoms with Gasteiger partial charge in [0.1, 0.15) is 13.2 Å². The van der Waals surface area contributed by atoms with Crippen molar-refractivity contribution in [3.8, 4) is 0 Å². The lowest BCUT2D eigenvalue weighted by molar-refractivity contribution is -0.137. The zero-order valence-electron chi connectivity index (χ0n) is 30.6. The van der Waals surface area contributed by atoms with Gasteiger partial charge in [0.05, 0.1) is 27.5 Å². The standard InChI is InChI=1S/C43H36ClF3N4O6S/c44-31-21-23-36(35(26-31)43(45,46)47)50-42(54)57-28-37-41(53)51(38-19-11-10-18-34(38)40(49-37)30-14-6-2-7-15-30)27-39(52)48-32(22-20-29-12-4-1-5-13-29)24-25-58(55,56)33-16-8-3-9-17-33/h1-19,21,23-26,32,37H,20,22,27-28H2,(H,48,52)(H,50,54)/b25-24+/t32-,37+/m0/s1. The first kappa shape index (κ1) is 41.4. The maximum absolute atomic E-state index is 14.4. The molecule has 15 heteroatoms. The highest BCUT2D eigenvalue weighted by Crippen LogP contribution is 2.36. The molecule has 6 rings (SSSR count). The Hall–Kier alpha value is -6.25. The van der Waals surface area contributed by atoms with E-state index in [2.05, 4.69) is 10.6 Å². The topological polar surface area (TPSA) is 134 Å². The molecule has 298 valence electrons. The van der Waals surface area contributed by atoms with Crippen LogP contribution < -0.4 is 15.5 Å². The third kappa shape index (κ3) is 10.6. The summed E-state index contributed by atoms with van der Waals surface area (Å²) in [5.41, 5.74) is 0.887. The van der Waals surface area contributed by atoms with Gasteiger partial charge in [0, 0.05) is 27.6 Å². The maximum atomic E-state index is 14.4. The van der Waals surface area contributed by atoms with Crippen molar-refractivity contribution in [2.45, 2.75) is 36.0 Å². The molecule has 10 nitrogen and oxygen atoms in total. The van der Waals surface area contributed by atoms with Crippen molar-refractivity contribution in [2.75, 3.05) is 23.4 Å². The predicted molar refractivity (Wildman–Crippen MR) is 216 cm³/mol. The van der Waals surface area contributed by atoms with Gasteiger partial charge in [-0.25, -0.2) is 13.2 Å². The molecule has 1 aliphatic heterocycles. The summed E-state index contributed by atoms with van der Waals surface area (Å²) in [4.78, 5) is 47.2. The normalized spacial score (nSPS) is 14.9. The number of carbonyl (C=O) groups excluding carboxylic acids is 3. The molecule has 0 spiro atoms. The van der Waals surface area contributed by atoms with Crippen LogP contribution in [-0.2, 0) is 36.8 Å². The first-order chi connectivity index (χ1) is 27.8. The number of anilines is 2. The molecule has 5 aromatic rings. The Labute approximate surface area is 337 Å². The van der Waals surface area contributed by atoms with Gasteiger partial charge in [-0.2, -0.15) is 13.2 Å². The molecule has 5 aromatic carbocycles. The largest absolute Gasteiger partial charge is 0.446 e. The average Bonchev–Trinajstić information content (AvgIpc) is 3.33. The molecular weight excluding hydrogens is 793 g/mol. The van der Waals surface area contributed by atoms with Crippen LogP contribution in [0, 0.1) is 0 Å². The first-order valence-electron chi connectivity index (χ1n) is 17.9. The van der Waals surface area contributed by atoms with Crippen molar-refractivity contribution < 1.29 is 40.7 Å². The number of sulfone groups is 1. The third-order valence-electron chi connectivity index (χ3n) is 9.03. The number of halogens is 4. The third-order valence-corrected chi connectivity index (χ3v) is 10.7. The van der Waals surface area contributed by atoms with Gasteiger partial charge in [-0.3, -0.25) is 19.9 Å². The number of fused-ring (bicyclic) bond motifs is 1. The Morgan fingerprint density at radius 3 is 2.21 bits per heavy atom. The van der Waals surface area contributed by atoms with Crippen LogP contribution in [0.1, 0.15) is 28.7 Å². The zero-order chi connectivity index (χ0) is 41.3. The van der Waals surface area contributed by atoms with E-state index in [1.165, 1.54) is 29.2 Å². The molecule has 1 aliphatic rings. The van der Waals surface area contributed by atoms with E-state index in [1.807, 2.05) is 30.3 Å². The van der Waals surface area contributed by atoms with Crippen molar-refractivity contribution in [3.63, 3.8) is 0 Å². The number of benzodiazepines with no additional fused rings is 1. The Morgan fingerprint density at radius 1 is 0.879 bits per heavy atom. The fourth-order valence-corrected chi connectivity index (χ4v) is 7.48. The summed E-state index contributed by atoms with van der Waals surface area (Å²) in [6.07, 6.45) is -3.93. The maximum Gasteiger partial charge on any atom is 0.418 e. The number of alkyl halides is 3. The van der Waals surface area contributed by atoms with E-state index in [1.54, 1.807) is 72.8 Å². The van der Waals surface area contributed by atoms with Crippen molar-refractivity contribution in [1.29, 1.82) is 0 Å². The smallest absolute Gasteiger partial charge is 0.418 e. The number of ether oxygens (including phenoxy) is 1. The van der Waals surface area contributed by atoms with Gasteiger partial charge < -0.3 is 15.0 Å². The van der Waals surface area contributed by atoms with Crippen molar-refractivity contribution in [3.05, 3.63) is 172 Å². The lowest BCUT2D eigenvalue weighted by Crippen LogP contribution is -2.47. The lowest BCUT2D eigenvalue weighted by atomic mass is 10.00. The highest BCUT2D eigenvalue weighted by molar-refractivity contribution is 7.94. The van der Waals surface area contributed by atoms with E-state index in [-0.39, 0.29) is 9.92 Å². The average molecular weight is 829 g/mol. The van der Waals surface area contributed by atoms with Gasteiger partial charge in [0.15, 0.2) is 15.9 Å². The Morgan fingerprint density at radius 2 is 1.52 bits per heavy atom. The van der Waals surface area contributed by atoms with Gasteiger partial charge in [-0.05, 0) is 54.8 Å². The molecule has 0 fully saturated rings. The zero-order valence-corrected chi connectivity index (χ0v) is 32.2. The number of nitrogens with zero attached hydrogens (tertiary/aromatic N) is 2. The molecule has 0 saturated heterocycles. The van der Waals surface area contributed by atoms with Crippen LogP contribution in [0.25, 0.3) is 0 Å². The van der Waals surface area contributed by atoms with Crippen molar-refractivity contribution in [2.24, 2.45) is 4.99 Å². The molecule has 2 atom stereocenters. The number of aliphatic imine (C=N–C) groups is 1. The van der Waals surface area contributed by atoms with Crippen LogP contribution in [0.4, 0.5) is 29.3 Å². The summed E-state index contributed by atoms with van der Waals surface area (Å²) in [5.74, 6) is -1.38. The second kappa shape index (κ2) is 18.3. The van der Waals surface area contributed by atoms with E-state index in [0.29, 0.717) is 41.4 Å². The molecule has 2 N–H and O–H groups in total. The molecule has 0 saturated carbocycles. The molecule has 1 heterocycles. The summed E-state index contributed by atoms with van der Waals surface area (Å²) < 4.78 is 72.7. The molecule has 0 radical (unpaired) electrons. The minimum Gasteiger partial charge on any atom is -0.446 e. The van der Waals surface area contributed by atoms with Gasteiger partial charge in [0.2, 0.25) is 5.91 Å². The summed E-state index contributed by atoms with van der Waals surface area (Å²) in [7, 11) is -3.86.